The van der Waals surface area contributed by atoms with Crippen LogP contribution in [0.2, 0.25) is 0 Å². The van der Waals surface area contributed by atoms with E-state index in [9.17, 15) is 19.2 Å². The number of hydrogen-bond acceptors (Lipinski definition) is 53. The van der Waals surface area contributed by atoms with E-state index in [0.29, 0.717) is 33.4 Å². The second-order valence-corrected chi connectivity index (χ2v) is 29.3. The van der Waals surface area contributed by atoms with Crippen molar-refractivity contribution in [2.45, 2.75) is 62.3 Å². The minimum atomic E-state index is -0.791. The molecule has 12 aromatic rings. The van der Waals surface area contributed by atoms with Gasteiger partial charge in [-0.2, -0.15) is 0 Å². The topological polar surface area (TPSA) is 1110 Å². The number of nitrogens with one attached hydrogen (secondary N) is 5. The SMILES string of the molecule is C/C(=N\O)c1cc(O)c(O)c(O)c1.C/C(=N\O)c1cc(O)c(O)c(O)c1.CC(=N)c1cc(O)c(O)c(O)c1.CC(=N)c1cc(O)c(O)c(O)c1.CC(=N)c1cc(O)c(O)c(O)c1.CC(=N)c1cc(O)c(O)c(O)c1.CC(=O)c1cc(O)c(O)c(O)c1.CC(=O)c1cc(O)c(O)c(O)c1.CC(=O)c1cc(O)c(O)c(O)c1.N/C(=N\O)c1cc(O)c(O)c(O)c1.NC(=O)c1cc(O)c(O)c(O)c1.O/N=C(\NO)c1cc(O)c(O)c(O)c1. The first-order chi connectivity index (χ1) is 68.9. The molecule has 149 heavy (non-hydrogen) atoms. The van der Waals surface area contributed by atoms with Crippen LogP contribution in [0.5, 0.6) is 207 Å². The molecule has 50 N–H and O–H groups in total. The van der Waals surface area contributed by atoms with Crippen LogP contribution in [0.4, 0.5) is 0 Å². The fourth-order valence-corrected chi connectivity index (χ4v) is 9.89. The second kappa shape index (κ2) is 56.3. The summed E-state index contributed by atoms with van der Waals surface area (Å²) >= 11 is 0. The van der Waals surface area contributed by atoms with Crippen molar-refractivity contribution in [1.29, 1.82) is 21.6 Å². The Balaban J connectivity index is 0.000000813. The van der Waals surface area contributed by atoms with Crippen molar-refractivity contribution in [2.75, 3.05) is 0 Å². The van der Waals surface area contributed by atoms with Crippen LogP contribution in [0, 0.1) is 21.6 Å². The number of primary amides is 1. The minimum absolute atomic E-state index is 0.00259. The number of ketones is 3. The normalized spacial score (nSPS) is 10.4. The third kappa shape index (κ3) is 37.3. The number of oxime groups is 4. The molecule has 56 nitrogen and oxygen atoms in total. The molecule has 0 aromatic heterocycles. The largest absolute Gasteiger partial charge is 0.504 e. The van der Waals surface area contributed by atoms with Gasteiger partial charge in [-0.3, -0.25) is 24.4 Å². The fraction of sp³-hybridized carbons (Fsp3) is 0.0968. The van der Waals surface area contributed by atoms with Gasteiger partial charge < -0.3 is 238 Å². The maximum atomic E-state index is 10.8. The van der Waals surface area contributed by atoms with Crippen molar-refractivity contribution in [3.63, 3.8) is 0 Å². The molecule has 12 aromatic carbocycles. The number of benzene rings is 12. The number of amidine groups is 2. The molecule has 0 spiro atoms. The molecule has 0 radical (unpaired) electrons. The van der Waals surface area contributed by atoms with E-state index in [1.54, 1.807) is 0 Å². The lowest BCUT2D eigenvalue weighted by Crippen LogP contribution is -2.19. The summed E-state index contributed by atoms with van der Waals surface area (Å²) in [5.74, 6) is -21.2. The lowest BCUT2D eigenvalue weighted by Gasteiger charge is -2.05. The summed E-state index contributed by atoms with van der Waals surface area (Å²) in [6.45, 7) is 12.9. The minimum Gasteiger partial charge on any atom is -0.504 e. The van der Waals surface area contributed by atoms with E-state index in [1.165, 1.54) is 141 Å². The summed E-state index contributed by atoms with van der Waals surface area (Å²) in [6.07, 6.45) is 0. The van der Waals surface area contributed by atoms with E-state index in [-0.39, 0.29) is 96.7 Å². The van der Waals surface area contributed by atoms with E-state index >= 15 is 0 Å². The van der Waals surface area contributed by atoms with Gasteiger partial charge in [0.05, 0.1) is 11.4 Å². The van der Waals surface area contributed by atoms with Crippen molar-refractivity contribution >= 4 is 69.2 Å². The van der Waals surface area contributed by atoms with Crippen LogP contribution in [0.3, 0.4) is 0 Å². The first-order valence-corrected chi connectivity index (χ1v) is 40.0. The highest BCUT2D eigenvalue weighted by atomic mass is 16.5. The molecule has 0 atom stereocenters. The van der Waals surface area contributed by atoms with Gasteiger partial charge in [0.2, 0.25) is 5.91 Å². The predicted octanol–water partition coefficient (Wildman–Crippen LogP) is 9.50. The number of nitrogens with two attached hydrogens (primary N) is 2. The summed E-state index contributed by atoms with van der Waals surface area (Å²) in [6, 6.07) is 27.1. The standard InChI is InChI=1S/2C8H9NO4.4C8H9NO3.3C8H8O4.C7H8N2O5.C7H8N2O4.C7H7NO4/c2*1-4(9-13)5-2-6(10)8(12)7(11)3-5;7*1-4(9)5-2-6(10)8(12)7(11)3-5;10-4-1-3(7(8-13)9-14)2-5(11)6(4)12;8-7(9-13)3-1-4(10)6(12)5(11)2-3;8-7(12)3-1-4(9)6(11)5(10)2-3/h2*2-3,10-13H,1H3;4*2-3,9-12H,1H3;3*2-3,10-12H,1H3;1-2,10-14H,(H,8,9);1-2,10-13H,(H2,8,9);1-2,9-11H,(H2,8,12)/b2*9-4+;;;;;;;;;;. The second-order valence-electron chi connectivity index (χ2n) is 29.3. The molecular formula is C93H101N11O45. The Morgan fingerprint density at radius 2 is 0.322 bits per heavy atom. The quantitative estimate of drug-likeness (QED) is 0.0135. The molecule has 0 aliphatic rings. The number of nitrogens with zero attached hydrogens (tertiary/aromatic N) is 4. The van der Waals surface area contributed by atoms with E-state index in [2.05, 4.69) is 20.6 Å². The van der Waals surface area contributed by atoms with Crippen LogP contribution >= 0.6 is 0 Å². The van der Waals surface area contributed by atoms with Crippen LogP contribution in [0.15, 0.2) is 166 Å². The molecule has 798 valence electrons. The van der Waals surface area contributed by atoms with Gasteiger partial charge in [-0.15, -0.1) is 0 Å². The lowest BCUT2D eigenvalue weighted by molar-refractivity contribution is 0.0993. The van der Waals surface area contributed by atoms with Crippen LogP contribution in [-0.4, -0.2) is 279 Å². The van der Waals surface area contributed by atoms with Gasteiger partial charge in [0, 0.05) is 89.6 Å². The third-order valence-corrected chi connectivity index (χ3v) is 18.1. The highest BCUT2D eigenvalue weighted by Crippen LogP contribution is 2.45. The first kappa shape index (κ1) is 125. The molecule has 0 fully saturated rings. The number of hydroxylamine groups is 1. The number of amides is 1. The molecule has 0 bridgehead atoms. The van der Waals surface area contributed by atoms with Crippen molar-refractivity contribution in [2.24, 2.45) is 32.1 Å². The first-order valence-electron chi connectivity index (χ1n) is 40.0. The average molecular weight is 2090 g/mol. The average Bonchev–Trinajstić information content (AvgIpc) is 0.832. The van der Waals surface area contributed by atoms with Crippen LogP contribution in [-0.2, 0) is 0 Å². The molecule has 0 aliphatic heterocycles. The van der Waals surface area contributed by atoms with Gasteiger partial charge in [-0.1, -0.05) is 20.6 Å². The number of carbonyl (C=O) groups excluding carboxylic acids is 4. The predicted molar refractivity (Wildman–Crippen MR) is 520 cm³/mol. The van der Waals surface area contributed by atoms with E-state index in [4.69, 9.17) is 243 Å². The Hall–Kier alpha value is -22.0. The van der Waals surface area contributed by atoms with Gasteiger partial charge in [0.15, 0.2) is 236 Å². The van der Waals surface area contributed by atoms with Gasteiger partial charge in [0.25, 0.3) is 0 Å². The highest BCUT2D eigenvalue weighted by Gasteiger charge is 2.21. The monoisotopic (exact) mass is 2090 g/mol. The summed E-state index contributed by atoms with van der Waals surface area (Å²) < 4.78 is 0. The lowest BCUT2D eigenvalue weighted by atomic mass is 10.1. The molecule has 56 heteroatoms. The molecule has 0 unspecified atom stereocenters. The van der Waals surface area contributed by atoms with E-state index in [0.717, 1.165) is 72.8 Å². The zero-order valence-corrected chi connectivity index (χ0v) is 78.3. The van der Waals surface area contributed by atoms with Gasteiger partial charge in [-0.25, -0.2) is 5.48 Å². The van der Waals surface area contributed by atoms with Crippen LogP contribution in [0.1, 0.15) is 148 Å². The molecule has 12 rings (SSSR count). The zero-order chi connectivity index (χ0) is 115. The Bertz CT molecular complexity index is 5830. The number of phenols is 36. The number of carbonyl (C=O) groups is 4. The summed E-state index contributed by atoms with van der Waals surface area (Å²) in [4.78, 5) is 42.8. The number of rotatable bonds is 12. The zero-order valence-electron chi connectivity index (χ0n) is 78.3. The smallest absolute Gasteiger partial charge is 0.248 e. The number of hydrogen-bond donors (Lipinski definition) is 48. The summed E-state index contributed by atoms with van der Waals surface area (Å²) in [7, 11) is 0. The Morgan fingerprint density at radius 3 is 0.436 bits per heavy atom. The van der Waals surface area contributed by atoms with Crippen molar-refractivity contribution < 1.29 is 229 Å². The Kier molecular flexibility index (Phi) is 47.3. The molecule has 0 heterocycles. The van der Waals surface area contributed by atoms with E-state index in [1.807, 2.05) is 0 Å². The summed E-state index contributed by atoms with van der Waals surface area (Å²) in [5.41, 5.74) is 15.5. The van der Waals surface area contributed by atoms with Gasteiger partial charge in [0.1, 0.15) is 0 Å². The fourth-order valence-electron chi connectivity index (χ4n) is 9.89. The molecule has 1 amide bonds. The molecule has 0 saturated carbocycles. The molecule has 0 saturated heterocycles. The van der Waals surface area contributed by atoms with Crippen molar-refractivity contribution in [3.8, 4) is 207 Å². The van der Waals surface area contributed by atoms with Crippen molar-refractivity contribution in [3.05, 3.63) is 212 Å². The van der Waals surface area contributed by atoms with Gasteiger partial charge in [-0.05, 0) is 208 Å². The maximum Gasteiger partial charge on any atom is 0.248 e. The van der Waals surface area contributed by atoms with Gasteiger partial charge >= 0.3 is 0 Å². The number of aromatic hydroxyl groups is 36. The number of Topliss-reactive ketones (excluding diaryl/α,β-unsaturated/α-hetero) is 3. The number of phenolic OH excluding ortho intramolecular Hbond substituents is 36. The Labute approximate surface area is 835 Å². The molecular weight excluding hydrogens is 1990 g/mol. The van der Waals surface area contributed by atoms with E-state index < -0.39 is 213 Å². The highest BCUT2D eigenvalue weighted by molar-refractivity contribution is 6.04. The van der Waals surface area contributed by atoms with Crippen LogP contribution in [0.25, 0.3) is 0 Å². The Morgan fingerprint density at radius 1 is 0.195 bits per heavy atom. The molecule has 0 aliphatic carbocycles. The third-order valence-electron chi connectivity index (χ3n) is 18.1. The maximum absolute atomic E-state index is 10.8. The summed E-state index contributed by atoms with van der Waals surface area (Å²) in [5, 5.41) is 405. The van der Waals surface area contributed by atoms with Crippen LogP contribution < -0.4 is 16.9 Å². The van der Waals surface area contributed by atoms with Crippen molar-refractivity contribution in [1.82, 2.24) is 5.48 Å².